The van der Waals surface area contributed by atoms with Crippen molar-refractivity contribution in [2.24, 2.45) is 0 Å². The SMILES string of the molecule is CSc1cccc(NC(=O)CN(c2ccccc2F)S(=O)(=O)N(C)C)c1. The second-order valence-electron chi connectivity index (χ2n) is 5.53. The summed E-state index contributed by atoms with van der Waals surface area (Å²) in [4.78, 5) is 13.4. The van der Waals surface area contributed by atoms with Crippen LogP contribution in [0.2, 0.25) is 0 Å². The van der Waals surface area contributed by atoms with E-state index in [1.165, 1.54) is 44.1 Å². The predicted molar refractivity (Wildman–Crippen MR) is 103 cm³/mol. The minimum Gasteiger partial charge on any atom is -0.324 e. The molecule has 6 nitrogen and oxygen atoms in total. The van der Waals surface area contributed by atoms with E-state index >= 15 is 0 Å². The number of para-hydroxylation sites is 1. The van der Waals surface area contributed by atoms with Crippen molar-refractivity contribution in [1.29, 1.82) is 0 Å². The summed E-state index contributed by atoms with van der Waals surface area (Å²) in [6, 6.07) is 12.6. The van der Waals surface area contributed by atoms with Gasteiger partial charge in [-0.1, -0.05) is 18.2 Å². The zero-order valence-electron chi connectivity index (χ0n) is 14.6. The van der Waals surface area contributed by atoms with E-state index in [0.717, 1.165) is 19.6 Å². The van der Waals surface area contributed by atoms with E-state index in [1.54, 1.807) is 18.2 Å². The van der Waals surface area contributed by atoms with E-state index in [0.29, 0.717) is 5.69 Å². The Balaban J connectivity index is 2.29. The van der Waals surface area contributed by atoms with Gasteiger partial charge in [-0.15, -0.1) is 11.8 Å². The number of benzene rings is 2. The highest BCUT2D eigenvalue weighted by molar-refractivity contribution is 7.98. The van der Waals surface area contributed by atoms with E-state index < -0.39 is 28.5 Å². The lowest BCUT2D eigenvalue weighted by Gasteiger charge is -2.27. The van der Waals surface area contributed by atoms with E-state index in [9.17, 15) is 17.6 Å². The second kappa shape index (κ2) is 8.52. The summed E-state index contributed by atoms with van der Waals surface area (Å²) in [6.07, 6.45) is 1.91. The van der Waals surface area contributed by atoms with Gasteiger partial charge in [0.05, 0.1) is 5.69 Å². The average Bonchev–Trinajstić information content (AvgIpc) is 2.60. The maximum absolute atomic E-state index is 14.2. The van der Waals surface area contributed by atoms with Crippen LogP contribution >= 0.6 is 11.8 Å². The van der Waals surface area contributed by atoms with Crippen molar-refractivity contribution in [2.45, 2.75) is 4.90 Å². The molecule has 0 aliphatic rings. The molecule has 0 saturated heterocycles. The zero-order valence-corrected chi connectivity index (χ0v) is 16.3. The highest BCUT2D eigenvalue weighted by Gasteiger charge is 2.29. The maximum Gasteiger partial charge on any atom is 0.304 e. The molecule has 26 heavy (non-hydrogen) atoms. The molecule has 2 aromatic carbocycles. The number of thioether (sulfide) groups is 1. The van der Waals surface area contributed by atoms with Crippen LogP contribution in [0.5, 0.6) is 0 Å². The Bertz CT molecular complexity index is 888. The third-order valence-corrected chi connectivity index (χ3v) is 6.03. The third-order valence-electron chi connectivity index (χ3n) is 3.50. The van der Waals surface area contributed by atoms with Crippen molar-refractivity contribution < 1.29 is 17.6 Å². The molecule has 140 valence electrons. The lowest BCUT2D eigenvalue weighted by atomic mass is 10.3. The Labute approximate surface area is 157 Å². The highest BCUT2D eigenvalue weighted by atomic mass is 32.2. The molecule has 9 heteroatoms. The van der Waals surface area contributed by atoms with Gasteiger partial charge in [-0.3, -0.25) is 4.79 Å². The van der Waals surface area contributed by atoms with Gasteiger partial charge in [-0.05, 0) is 36.6 Å². The first-order chi connectivity index (χ1) is 12.3. The molecule has 2 aromatic rings. The third kappa shape index (κ3) is 4.75. The van der Waals surface area contributed by atoms with Gasteiger partial charge >= 0.3 is 10.2 Å². The van der Waals surface area contributed by atoms with Gasteiger partial charge in [0.15, 0.2) is 0 Å². The molecule has 0 unspecified atom stereocenters. The van der Waals surface area contributed by atoms with Crippen LogP contribution in [-0.4, -0.2) is 45.5 Å². The summed E-state index contributed by atoms with van der Waals surface area (Å²) in [5.74, 6) is -1.30. The van der Waals surface area contributed by atoms with Gasteiger partial charge in [-0.2, -0.15) is 12.7 Å². The van der Waals surface area contributed by atoms with Crippen LogP contribution in [0, 0.1) is 5.82 Å². The number of carbonyl (C=O) groups is 1. The van der Waals surface area contributed by atoms with Crippen LogP contribution in [0.25, 0.3) is 0 Å². The van der Waals surface area contributed by atoms with Crippen molar-refractivity contribution in [2.75, 3.05) is 36.5 Å². The second-order valence-corrected chi connectivity index (χ2v) is 8.47. The first-order valence-electron chi connectivity index (χ1n) is 7.64. The summed E-state index contributed by atoms with van der Waals surface area (Å²) in [7, 11) is -1.41. The minimum atomic E-state index is -4.05. The quantitative estimate of drug-likeness (QED) is 0.730. The van der Waals surface area contributed by atoms with Crippen LogP contribution < -0.4 is 9.62 Å². The molecule has 0 spiro atoms. The van der Waals surface area contributed by atoms with Gasteiger partial charge in [0.2, 0.25) is 5.91 Å². The van der Waals surface area contributed by atoms with Crippen molar-refractivity contribution in [3.05, 3.63) is 54.3 Å². The molecule has 2 rings (SSSR count). The standard InChI is InChI=1S/C17H20FN3O3S2/c1-20(2)26(23,24)21(16-10-5-4-9-15(16)18)12-17(22)19-13-7-6-8-14(11-13)25-3/h4-11H,12H2,1-3H3,(H,19,22). The molecule has 0 heterocycles. The first-order valence-corrected chi connectivity index (χ1v) is 10.3. The normalized spacial score (nSPS) is 11.4. The number of carbonyl (C=O) groups excluding carboxylic acids is 1. The van der Waals surface area contributed by atoms with E-state index in [2.05, 4.69) is 5.32 Å². The molecule has 0 atom stereocenters. The lowest BCUT2D eigenvalue weighted by molar-refractivity contribution is -0.114. The van der Waals surface area contributed by atoms with Crippen LogP contribution in [0.3, 0.4) is 0 Å². The average molecular weight is 397 g/mol. The van der Waals surface area contributed by atoms with Crippen LogP contribution in [0.1, 0.15) is 0 Å². The van der Waals surface area contributed by atoms with E-state index in [-0.39, 0.29) is 5.69 Å². The molecule has 0 fully saturated rings. The first kappa shape index (κ1) is 20.2. The molecule has 0 saturated carbocycles. The maximum atomic E-state index is 14.2. The number of hydrogen-bond donors (Lipinski definition) is 1. The number of amides is 1. The number of nitrogens with zero attached hydrogens (tertiary/aromatic N) is 2. The molecule has 0 radical (unpaired) electrons. The fourth-order valence-electron chi connectivity index (χ4n) is 2.17. The largest absolute Gasteiger partial charge is 0.324 e. The fourth-order valence-corrected chi connectivity index (χ4v) is 3.70. The van der Waals surface area contributed by atoms with Gasteiger partial charge in [-0.25, -0.2) is 8.70 Å². The molecular weight excluding hydrogens is 377 g/mol. The van der Waals surface area contributed by atoms with E-state index in [4.69, 9.17) is 0 Å². The van der Waals surface area contributed by atoms with Crippen molar-refractivity contribution >= 4 is 39.3 Å². The molecule has 0 aliphatic heterocycles. The zero-order chi connectivity index (χ0) is 19.3. The number of hydrogen-bond acceptors (Lipinski definition) is 4. The smallest absolute Gasteiger partial charge is 0.304 e. The Morgan fingerprint density at radius 1 is 1.15 bits per heavy atom. The van der Waals surface area contributed by atoms with Gasteiger partial charge < -0.3 is 5.32 Å². The van der Waals surface area contributed by atoms with Crippen LogP contribution in [0.4, 0.5) is 15.8 Å². The number of rotatable bonds is 7. The summed E-state index contributed by atoms with van der Waals surface area (Å²) >= 11 is 1.52. The topological polar surface area (TPSA) is 69.7 Å². The number of nitrogens with one attached hydrogen (secondary N) is 1. The Morgan fingerprint density at radius 2 is 1.85 bits per heavy atom. The monoisotopic (exact) mass is 397 g/mol. The van der Waals surface area contributed by atoms with Crippen LogP contribution in [0.15, 0.2) is 53.4 Å². The van der Waals surface area contributed by atoms with Gasteiger partial charge in [0.25, 0.3) is 0 Å². The van der Waals surface area contributed by atoms with Crippen molar-refractivity contribution in [3.63, 3.8) is 0 Å². The fraction of sp³-hybridized carbons (Fsp3) is 0.235. The van der Waals surface area contributed by atoms with Crippen LogP contribution in [-0.2, 0) is 15.0 Å². The summed E-state index contributed by atoms with van der Waals surface area (Å²) < 4.78 is 41.0. The Morgan fingerprint density at radius 3 is 2.46 bits per heavy atom. The minimum absolute atomic E-state index is 0.186. The number of halogens is 1. The molecule has 0 bridgehead atoms. The number of anilines is 2. The Hall–Kier alpha value is -2.10. The predicted octanol–water partition coefficient (Wildman–Crippen LogP) is 2.80. The van der Waals surface area contributed by atoms with Gasteiger partial charge in [0.1, 0.15) is 12.4 Å². The summed E-state index contributed by atoms with van der Waals surface area (Å²) in [5, 5.41) is 2.65. The molecule has 1 N–H and O–H groups in total. The molecule has 0 aromatic heterocycles. The van der Waals surface area contributed by atoms with Gasteiger partial charge in [0, 0.05) is 24.7 Å². The van der Waals surface area contributed by atoms with Crippen molar-refractivity contribution in [3.8, 4) is 0 Å². The van der Waals surface area contributed by atoms with E-state index in [1.807, 2.05) is 12.3 Å². The lowest BCUT2D eigenvalue weighted by Crippen LogP contribution is -2.44. The Kier molecular flexibility index (Phi) is 6.63. The molecular formula is C17H20FN3O3S2. The summed E-state index contributed by atoms with van der Waals surface area (Å²) in [5.41, 5.74) is 0.354. The van der Waals surface area contributed by atoms with Crippen molar-refractivity contribution in [1.82, 2.24) is 4.31 Å². The summed E-state index contributed by atoms with van der Waals surface area (Å²) in [6.45, 7) is -0.551. The highest BCUT2D eigenvalue weighted by Crippen LogP contribution is 2.23. The molecule has 0 aliphatic carbocycles. The molecule has 1 amide bonds.